The summed E-state index contributed by atoms with van der Waals surface area (Å²) in [6, 6.07) is 16.1. The van der Waals surface area contributed by atoms with Gasteiger partial charge in [0, 0.05) is 11.8 Å². The Kier molecular flexibility index (Phi) is 3.58. The zero-order valence-electron chi connectivity index (χ0n) is 11.7. The number of nitrogens with zero attached hydrogens (tertiary/aromatic N) is 3. The molecule has 0 atom stereocenters. The molecule has 0 aliphatic carbocycles. The summed E-state index contributed by atoms with van der Waals surface area (Å²) in [6.07, 6.45) is 0.473. The first-order valence-electron chi connectivity index (χ1n) is 6.82. The van der Waals surface area contributed by atoms with Gasteiger partial charge in [0.1, 0.15) is 12.3 Å². The summed E-state index contributed by atoms with van der Waals surface area (Å²) >= 11 is 0. The van der Waals surface area contributed by atoms with Crippen molar-refractivity contribution in [2.24, 2.45) is 0 Å². The van der Waals surface area contributed by atoms with Crippen molar-refractivity contribution in [3.63, 3.8) is 0 Å². The first kappa shape index (κ1) is 13.8. The highest BCUT2D eigenvalue weighted by atomic mass is 16.3. The molecule has 0 aliphatic rings. The minimum Gasteiger partial charge on any atom is -0.508 e. The number of phenolic OH excluding ortho intramolecular Hbond substituents is 1. The Morgan fingerprint density at radius 1 is 1.14 bits per heavy atom. The number of phenols is 1. The molecule has 0 amide bonds. The van der Waals surface area contributed by atoms with Crippen LogP contribution in [0.4, 0.5) is 0 Å². The van der Waals surface area contributed by atoms with Gasteiger partial charge in [-0.2, -0.15) is 10.4 Å². The molecule has 0 unspecified atom stereocenters. The van der Waals surface area contributed by atoms with Gasteiger partial charge in [-0.15, -0.1) is 0 Å². The molecule has 5 nitrogen and oxygen atoms in total. The van der Waals surface area contributed by atoms with Crippen LogP contribution < -0.4 is 5.56 Å². The van der Waals surface area contributed by atoms with Crippen LogP contribution in [0, 0.1) is 11.3 Å². The van der Waals surface area contributed by atoms with E-state index in [9.17, 15) is 9.90 Å². The third kappa shape index (κ3) is 2.54. The van der Waals surface area contributed by atoms with Crippen molar-refractivity contribution in [2.45, 2.75) is 13.0 Å². The maximum atomic E-state index is 12.3. The summed E-state index contributed by atoms with van der Waals surface area (Å²) in [5, 5.41) is 24.0. The number of hydrogen-bond donors (Lipinski definition) is 1. The maximum Gasteiger partial charge on any atom is 0.275 e. The van der Waals surface area contributed by atoms with Crippen LogP contribution in [-0.4, -0.2) is 14.9 Å². The molecule has 0 saturated carbocycles. The molecule has 0 saturated heterocycles. The molecule has 1 aromatic heterocycles. The van der Waals surface area contributed by atoms with Gasteiger partial charge < -0.3 is 5.11 Å². The molecule has 0 radical (unpaired) electrons. The van der Waals surface area contributed by atoms with Gasteiger partial charge in [-0.25, -0.2) is 4.68 Å². The minimum atomic E-state index is -0.267. The predicted molar refractivity (Wildman–Crippen MR) is 82.5 cm³/mol. The fourth-order valence-corrected chi connectivity index (χ4v) is 2.47. The Morgan fingerprint density at radius 2 is 1.91 bits per heavy atom. The molecular weight excluding hydrogens is 278 g/mol. The molecule has 0 fully saturated rings. The molecule has 1 heterocycles. The molecule has 2 aromatic carbocycles. The van der Waals surface area contributed by atoms with Crippen LogP contribution in [0.2, 0.25) is 0 Å². The number of rotatable bonds is 3. The highest BCUT2D eigenvalue weighted by Crippen LogP contribution is 2.19. The molecule has 22 heavy (non-hydrogen) atoms. The average Bonchev–Trinajstić information content (AvgIpc) is 2.52. The van der Waals surface area contributed by atoms with Crippen LogP contribution in [0.1, 0.15) is 11.3 Å². The number of fused-ring (bicyclic) bond motifs is 1. The van der Waals surface area contributed by atoms with E-state index >= 15 is 0 Å². The van der Waals surface area contributed by atoms with Crippen molar-refractivity contribution in [3.05, 3.63) is 70.1 Å². The van der Waals surface area contributed by atoms with E-state index in [0.717, 1.165) is 10.9 Å². The Bertz CT molecular complexity index is 939. The molecule has 5 heteroatoms. The van der Waals surface area contributed by atoms with E-state index in [4.69, 9.17) is 5.26 Å². The molecule has 0 bridgehead atoms. The van der Waals surface area contributed by atoms with E-state index in [1.54, 1.807) is 30.3 Å². The maximum absolute atomic E-state index is 12.3. The Morgan fingerprint density at radius 3 is 2.64 bits per heavy atom. The van der Waals surface area contributed by atoms with E-state index in [1.807, 2.05) is 24.3 Å². The van der Waals surface area contributed by atoms with E-state index in [0.29, 0.717) is 17.5 Å². The van der Waals surface area contributed by atoms with Crippen molar-refractivity contribution in [1.82, 2.24) is 9.78 Å². The van der Waals surface area contributed by atoms with Gasteiger partial charge in [0.05, 0.1) is 17.1 Å². The van der Waals surface area contributed by atoms with E-state index in [1.165, 1.54) is 4.68 Å². The molecule has 1 N–H and O–H groups in total. The Hall–Kier alpha value is -3.13. The fraction of sp³-hybridized carbons (Fsp3) is 0.118. The van der Waals surface area contributed by atoms with Gasteiger partial charge in [0.2, 0.25) is 0 Å². The second kappa shape index (κ2) is 5.70. The first-order valence-corrected chi connectivity index (χ1v) is 6.82. The fourth-order valence-electron chi connectivity index (χ4n) is 2.47. The van der Waals surface area contributed by atoms with E-state index < -0.39 is 0 Å². The topological polar surface area (TPSA) is 78.9 Å². The largest absolute Gasteiger partial charge is 0.508 e. The summed E-state index contributed by atoms with van der Waals surface area (Å²) in [4.78, 5) is 12.3. The molecular formula is C17H13N3O2. The summed E-state index contributed by atoms with van der Waals surface area (Å²) < 4.78 is 1.18. The number of aromatic hydroxyl groups is 1. The highest BCUT2D eigenvalue weighted by Gasteiger charge is 2.10. The number of aromatic nitrogens is 2. The second-order valence-corrected chi connectivity index (χ2v) is 4.96. The lowest BCUT2D eigenvalue weighted by atomic mass is 10.0. The zero-order chi connectivity index (χ0) is 15.5. The number of hydrogen-bond acceptors (Lipinski definition) is 4. The van der Waals surface area contributed by atoms with Gasteiger partial charge in [0.15, 0.2) is 0 Å². The van der Waals surface area contributed by atoms with Crippen LogP contribution in [-0.2, 0) is 13.0 Å². The number of nitriles is 1. The quantitative estimate of drug-likeness (QED) is 0.802. The first-order chi connectivity index (χ1) is 10.7. The van der Waals surface area contributed by atoms with Gasteiger partial charge in [-0.3, -0.25) is 4.79 Å². The zero-order valence-corrected chi connectivity index (χ0v) is 11.7. The highest BCUT2D eigenvalue weighted by molar-refractivity contribution is 5.83. The predicted octanol–water partition coefficient (Wildman–Crippen LogP) is 2.22. The van der Waals surface area contributed by atoms with Gasteiger partial charge in [-0.05, 0) is 23.8 Å². The van der Waals surface area contributed by atoms with Crippen molar-refractivity contribution in [1.29, 1.82) is 5.26 Å². The van der Waals surface area contributed by atoms with Gasteiger partial charge in [0.25, 0.3) is 5.56 Å². The van der Waals surface area contributed by atoms with Gasteiger partial charge >= 0.3 is 0 Å². The van der Waals surface area contributed by atoms with Crippen LogP contribution in [0.25, 0.3) is 10.8 Å². The summed E-state index contributed by atoms with van der Waals surface area (Å²) in [6.45, 7) is -0.0866. The van der Waals surface area contributed by atoms with E-state index in [2.05, 4.69) is 5.10 Å². The monoisotopic (exact) mass is 291 g/mol. The average molecular weight is 291 g/mol. The third-order valence-corrected chi connectivity index (χ3v) is 3.45. The third-order valence-electron chi connectivity index (χ3n) is 3.45. The van der Waals surface area contributed by atoms with Crippen LogP contribution in [0.5, 0.6) is 5.75 Å². The summed E-state index contributed by atoms with van der Waals surface area (Å²) in [5.74, 6) is 0.187. The standard InChI is InChI=1S/C17H13N3O2/c18-8-9-20-17(22)15-7-2-1-6-14(15)16(19-20)11-12-4-3-5-13(21)10-12/h1-7,10,21H,9,11H2. The lowest BCUT2D eigenvalue weighted by molar-refractivity contribution is 0.474. The molecule has 0 spiro atoms. The second-order valence-electron chi connectivity index (χ2n) is 4.96. The Balaban J connectivity index is 2.18. The van der Waals surface area contributed by atoms with Gasteiger partial charge in [-0.1, -0.05) is 30.3 Å². The van der Waals surface area contributed by atoms with Crippen molar-refractivity contribution >= 4 is 10.8 Å². The molecule has 0 aliphatic heterocycles. The summed E-state index contributed by atoms with van der Waals surface area (Å²) in [5.41, 5.74) is 1.33. The van der Waals surface area contributed by atoms with Crippen molar-refractivity contribution in [3.8, 4) is 11.8 Å². The SMILES string of the molecule is N#CCn1nc(Cc2cccc(O)c2)c2ccccc2c1=O. The normalized spacial score (nSPS) is 10.5. The molecule has 108 valence electrons. The van der Waals surface area contributed by atoms with Crippen molar-refractivity contribution in [2.75, 3.05) is 0 Å². The lowest BCUT2D eigenvalue weighted by Gasteiger charge is -2.09. The smallest absolute Gasteiger partial charge is 0.275 e. The molecule has 3 rings (SSSR count). The number of benzene rings is 2. The van der Waals surface area contributed by atoms with Crippen molar-refractivity contribution < 1.29 is 5.11 Å². The minimum absolute atomic E-state index is 0.0866. The van der Waals surface area contributed by atoms with Crippen LogP contribution in [0.3, 0.4) is 0 Å². The summed E-state index contributed by atoms with van der Waals surface area (Å²) in [7, 11) is 0. The van der Waals surface area contributed by atoms with E-state index in [-0.39, 0.29) is 17.9 Å². The molecule has 3 aromatic rings. The lowest BCUT2D eigenvalue weighted by Crippen LogP contribution is -2.24. The van der Waals surface area contributed by atoms with Crippen LogP contribution in [0.15, 0.2) is 53.3 Å². The van der Waals surface area contributed by atoms with Crippen LogP contribution >= 0.6 is 0 Å². The Labute approximate surface area is 126 Å².